The number of oxime groups is 1. The Kier molecular flexibility index (Phi) is 7.04. The summed E-state index contributed by atoms with van der Waals surface area (Å²) in [6.07, 6.45) is 0. The van der Waals surface area contributed by atoms with E-state index in [1.807, 2.05) is 24.3 Å². The second-order valence-corrected chi connectivity index (χ2v) is 5.39. The molecule has 1 aromatic rings. The summed E-state index contributed by atoms with van der Waals surface area (Å²) in [5, 5.41) is 11.7. The van der Waals surface area contributed by atoms with E-state index in [1.165, 1.54) is 0 Å². The fraction of sp³-hybridized carbons (Fsp3) is 0.533. The molecule has 0 unspecified atom stereocenters. The van der Waals surface area contributed by atoms with Crippen LogP contribution in [0.2, 0.25) is 0 Å². The summed E-state index contributed by atoms with van der Waals surface area (Å²) in [5.74, 6) is 0.701. The predicted molar refractivity (Wildman–Crippen MR) is 80.9 cm³/mol. The largest absolute Gasteiger partial charge is 0.409 e. The van der Waals surface area contributed by atoms with Gasteiger partial charge in [0.05, 0.1) is 6.61 Å². The fourth-order valence-corrected chi connectivity index (χ4v) is 1.82. The minimum Gasteiger partial charge on any atom is -0.409 e. The lowest BCUT2D eigenvalue weighted by Gasteiger charge is -2.17. The molecule has 0 spiro atoms. The second kappa shape index (κ2) is 8.55. The highest BCUT2D eigenvalue weighted by Crippen LogP contribution is 2.07. The zero-order valence-corrected chi connectivity index (χ0v) is 12.5. The smallest absolute Gasteiger partial charge is 0.170 e. The molecule has 1 aromatic carbocycles. The van der Waals surface area contributed by atoms with E-state index in [-0.39, 0.29) is 5.84 Å². The van der Waals surface area contributed by atoms with Gasteiger partial charge in [-0.3, -0.25) is 4.90 Å². The van der Waals surface area contributed by atoms with Gasteiger partial charge in [-0.15, -0.1) is 0 Å². The van der Waals surface area contributed by atoms with Gasteiger partial charge in [0.25, 0.3) is 0 Å². The zero-order chi connectivity index (χ0) is 15.0. The molecule has 0 bridgehead atoms. The monoisotopic (exact) mass is 279 g/mol. The topological polar surface area (TPSA) is 71.1 Å². The van der Waals surface area contributed by atoms with Crippen LogP contribution < -0.4 is 5.73 Å². The lowest BCUT2D eigenvalue weighted by atomic mass is 10.1. The van der Waals surface area contributed by atoms with Gasteiger partial charge < -0.3 is 15.7 Å². The van der Waals surface area contributed by atoms with Crippen molar-refractivity contribution >= 4 is 5.84 Å². The molecular weight excluding hydrogens is 254 g/mol. The molecule has 0 amide bonds. The van der Waals surface area contributed by atoms with Gasteiger partial charge in [0, 0.05) is 25.3 Å². The van der Waals surface area contributed by atoms with Gasteiger partial charge in [-0.05, 0) is 24.6 Å². The molecule has 5 nitrogen and oxygen atoms in total. The highest BCUT2D eigenvalue weighted by Gasteiger charge is 2.04. The van der Waals surface area contributed by atoms with Crippen LogP contribution >= 0.6 is 0 Å². The van der Waals surface area contributed by atoms with Gasteiger partial charge in [-0.2, -0.15) is 0 Å². The van der Waals surface area contributed by atoms with Gasteiger partial charge in [-0.1, -0.05) is 37.2 Å². The maximum atomic E-state index is 8.69. The fourth-order valence-electron chi connectivity index (χ4n) is 1.82. The molecule has 0 saturated heterocycles. The first-order chi connectivity index (χ1) is 9.52. The van der Waals surface area contributed by atoms with Crippen LogP contribution in [0.1, 0.15) is 25.0 Å². The lowest BCUT2D eigenvalue weighted by Crippen LogP contribution is -2.23. The maximum absolute atomic E-state index is 8.69. The number of amidine groups is 1. The van der Waals surface area contributed by atoms with Gasteiger partial charge >= 0.3 is 0 Å². The van der Waals surface area contributed by atoms with E-state index in [2.05, 4.69) is 31.0 Å². The first kappa shape index (κ1) is 16.5. The van der Waals surface area contributed by atoms with E-state index in [4.69, 9.17) is 15.7 Å². The van der Waals surface area contributed by atoms with Crippen LogP contribution in [0.3, 0.4) is 0 Å². The molecule has 1 rings (SSSR count). The van der Waals surface area contributed by atoms with Crippen molar-refractivity contribution in [3.05, 3.63) is 35.4 Å². The third kappa shape index (κ3) is 6.04. The molecule has 112 valence electrons. The Labute approximate surface area is 121 Å². The molecule has 0 aliphatic heterocycles. The molecule has 0 fully saturated rings. The Morgan fingerprint density at radius 3 is 2.85 bits per heavy atom. The van der Waals surface area contributed by atoms with E-state index in [9.17, 15) is 0 Å². The van der Waals surface area contributed by atoms with Crippen LogP contribution in [0, 0.1) is 5.92 Å². The number of nitrogens with two attached hydrogens (primary N) is 1. The summed E-state index contributed by atoms with van der Waals surface area (Å²) in [7, 11) is 2.05. The highest BCUT2D eigenvalue weighted by atomic mass is 16.5. The van der Waals surface area contributed by atoms with Gasteiger partial charge in [0.2, 0.25) is 0 Å². The summed E-state index contributed by atoms with van der Waals surface area (Å²) in [6.45, 7) is 7.49. The highest BCUT2D eigenvalue weighted by molar-refractivity contribution is 5.97. The third-order valence-electron chi connectivity index (χ3n) is 2.85. The van der Waals surface area contributed by atoms with Crippen molar-refractivity contribution in [2.75, 3.05) is 26.8 Å². The van der Waals surface area contributed by atoms with Crippen molar-refractivity contribution in [2.45, 2.75) is 20.4 Å². The van der Waals surface area contributed by atoms with Gasteiger partial charge in [-0.25, -0.2) is 0 Å². The van der Waals surface area contributed by atoms with Crippen LogP contribution in [-0.2, 0) is 11.3 Å². The lowest BCUT2D eigenvalue weighted by molar-refractivity contribution is 0.0901. The van der Waals surface area contributed by atoms with Gasteiger partial charge in [0.1, 0.15) is 0 Å². The Morgan fingerprint density at radius 2 is 2.20 bits per heavy atom. The van der Waals surface area contributed by atoms with Crippen molar-refractivity contribution < 1.29 is 9.94 Å². The Hall–Kier alpha value is -1.59. The minimum atomic E-state index is 0.134. The summed E-state index contributed by atoms with van der Waals surface area (Å²) in [5.41, 5.74) is 7.44. The molecule has 5 heteroatoms. The number of ether oxygens (including phenoxy) is 1. The summed E-state index contributed by atoms with van der Waals surface area (Å²) < 4.78 is 5.57. The second-order valence-electron chi connectivity index (χ2n) is 5.39. The Balaban J connectivity index is 2.43. The Bertz CT molecular complexity index is 433. The van der Waals surface area contributed by atoms with E-state index < -0.39 is 0 Å². The molecule has 0 radical (unpaired) electrons. The molecule has 0 aliphatic rings. The van der Waals surface area contributed by atoms with E-state index >= 15 is 0 Å². The van der Waals surface area contributed by atoms with E-state index in [0.29, 0.717) is 5.92 Å². The quantitative estimate of drug-likeness (QED) is 0.251. The predicted octanol–water partition coefficient (Wildman–Crippen LogP) is 1.89. The molecule has 0 saturated carbocycles. The molecule has 20 heavy (non-hydrogen) atoms. The molecule has 0 aromatic heterocycles. The number of likely N-dealkylation sites (N-methyl/N-ethyl adjacent to an activating group) is 1. The molecule has 0 atom stereocenters. The average Bonchev–Trinajstić information content (AvgIpc) is 2.43. The first-order valence-electron chi connectivity index (χ1n) is 6.86. The van der Waals surface area contributed by atoms with Crippen molar-refractivity contribution in [3.63, 3.8) is 0 Å². The SMILES string of the molecule is CC(C)COCCN(C)Cc1cccc(/C(N)=N/O)c1. The summed E-state index contributed by atoms with van der Waals surface area (Å²) in [6, 6.07) is 7.69. The van der Waals surface area contributed by atoms with Crippen molar-refractivity contribution in [2.24, 2.45) is 16.8 Å². The maximum Gasteiger partial charge on any atom is 0.170 e. The summed E-state index contributed by atoms with van der Waals surface area (Å²) in [4.78, 5) is 2.19. The normalized spacial score (nSPS) is 12.3. The molecule has 3 N–H and O–H groups in total. The first-order valence-corrected chi connectivity index (χ1v) is 6.86. The van der Waals surface area contributed by atoms with E-state index in [1.54, 1.807) is 0 Å². The Morgan fingerprint density at radius 1 is 1.45 bits per heavy atom. The van der Waals surface area contributed by atoms with Crippen LogP contribution in [0.15, 0.2) is 29.4 Å². The molecular formula is C15H25N3O2. The molecule has 0 aliphatic carbocycles. The number of nitrogens with zero attached hydrogens (tertiary/aromatic N) is 2. The standard InChI is InChI=1S/C15H25N3O2/c1-12(2)11-20-8-7-18(3)10-13-5-4-6-14(9-13)15(16)17-19/h4-6,9,12,19H,7-8,10-11H2,1-3H3,(H2,16,17). The van der Waals surface area contributed by atoms with Crippen LogP contribution in [-0.4, -0.2) is 42.7 Å². The number of hydrogen-bond donors (Lipinski definition) is 2. The number of hydrogen-bond acceptors (Lipinski definition) is 4. The number of benzene rings is 1. The third-order valence-corrected chi connectivity index (χ3v) is 2.85. The average molecular weight is 279 g/mol. The minimum absolute atomic E-state index is 0.134. The van der Waals surface area contributed by atoms with Crippen LogP contribution in [0.25, 0.3) is 0 Å². The van der Waals surface area contributed by atoms with Gasteiger partial charge in [0.15, 0.2) is 5.84 Å². The number of rotatable bonds is 8. The summed E-state index contributed by atoms with van der Waals surface area (Å²) >= 11 is 0. The van der Waals surface area contributed by atoms with Crippen molar-refractivity contribution in [3.8, 4) is 0 Å². The molecule has 0 heterocycles. The van der Waals surface area contributed by atoms with E-state index in [0.717, 1.165) is 37.4 Å². The zero-order valence-electron chi connectivity index (χ0n) is 12.5. The van der Waals surface area contributed by atoms with Crippen LogP contribution in [0.5, 0.6) is 0 Å². The van der Waals surface area contributed by atoms with Crippen molar-refractivity contribution in [1.29, 1.82) is 0 Å². The van der Waals surface area contributed by atoms with Crippen molar-refractivity contribution in [1.82, 2.24) is 4.90 Å². The van der Waals surface area contributed by atoms with Crippen LogP contribution in [0.4, 0.5) is 0 Å².